The number of benzene rings is 1. The van der Waals surface area contributed by atoms with Crippen molar-refractivity contribution in [1.82, 2.24) is 4.98 Å². The Morgan fingerprint density at radius 2 is 1.85 bits per heavy atom. The summed E-state index contributed by atoms with van der Waals surface area (Å²) in [4.78, 5) is 4.07. The first-order chi connectivity index (χ1) is 9.31. The summed E-state index contributed by atoms with van der Waals surface area (Å²) in [7, 11) is -3.67. The molecule has 2 aromatic rings. The van der Waals surface area contributed by atoms with Gasteiger partial charge in [-0.1, -0.05) is 0 Å². The van der Waals surface area contributed by atoms with E-state index in [1.54, 1.807) is 18.3 Å². The van der Waals surface area contributed by atoms with E-state index < -0.39 is 10.0 Å². The molecule has 0 aliphatic carbocycles. The number of aromatic nitrogens is 1. The van der Waals surface area contributed by atoms with Crippen molar-refractivity contribution in [2.75, 3.05) is 10.5 Å². The summed E-state index contributed by atoms with van der Waals surface area (Å²) in [5.74, 6) is 0. The van der Waals surface area contributed by atoms with Gasteiger partial charge in [-0.25, -0.2) is 8.42 Å². The Morgan fingerprint density at radius 1 is 1.15 bits per heavy atom. The lowest BCUT2D eigenvalue weighted by molar-refractivity contribution is 0.601. The molecule has 0 bridgehead atoms. The van der Waals surface area contributed by atoms with Gasteiger partial charge in [0.25, 0.3) is 10.0 Å². The number of hydrogen-bond acceptors (Lipinski definition) is 4. The molecule has 1 aromatic heterocycles. The third-order valence-corrected chi connectivity index (χ3v) is 4.62. The van der Waals surface area contributed by atoms with Crippen LogP contribution in [0.4, 0.5) is 11.4 Å². The fraction of sp³-hybridized carbons (Fsp3) is 0.214. The maximum Gasteiger partial charge on any atom is 0.262 e. The minimum absolute atomic E-state index is 0.154. The van der Waals surface area contributed by atoms with Crippen LogP contribution >= 0.6 is 0 Å². The van der Waals surface area contributed by atoms with Crippen LogP contribution in [0, 0.1) is 20.8 Å². The van der Waals surface area contributed by atoms with Crippen LogP contribution in [0.5, 0.6) is 0 Å². The molecule has 0 amide bonds. The van der Waals surface area contributed by atoms with Crippen LogP contribution < -0.4 is 10.5 Å². The molecule has 1 aromatic carbocycles. The van der Waals surface area contributed by atoms with Crippen molar-refractivity contribution < 1.29 is 8.42 Å². The minimum Gasteiger partial charge on any atom is -0.398 e. The standard InChI is InChI=1S/C14H17N3O2S/c1-9-4-5-16-8-14(9)17-20(18,19)12-6-10(2)11(3)13(15)7-12/h4-8,17H,15H2,1-3H3. The molecule has 0 unspecified atom stereocenters. The lowest BCUT2D eigenvalue weighted by Crippen LogP contribution is -2.14. The van der Waals surface area contributed by atoms with Crippen molar-refractivity contribution in [2.45, 2.75) is 25.7 Å². The predicted molar refractivity (Wildman–Crippen MR) is 80.1 cm³/mol. The third kappa shape index (κ3) is 2.75. The molecule has 106 valence electrons. The molecular formula is C14H17N3O2S. The fourth-order valence-corrected chi connectivity index (χ4v) is 3.02. The highest BCUT2D eigenvalue weighted by molar-refractivity contribution is 7.92. The van der Waals surface area contributed by atoms with Crippen LogP contribution in [0.15, 0.2) is 35.5 Å². The number of pyridine rings is 1. The van der Waals surface area contributed by atoms with Gasteiger partial charge in [0.15, 0.2) is 0 Å². The second-order valence-corrected chi connectivity index (χ2v) is 6.43. The van der Waals surface area contributed by atoms with Gasteiger partial charge in [-0.15, -0.1) is 0 Å². The molecule has 0 saturated heterocycles. The first-order valence-corrected chi connectivity index (χ1v) is 7.60. The smallest absolute Gasteiger partial charge is 0.262 e. The molecule has 0 saturated carbocycles. The molecule has 6 heteroatoms. The van der Waals surface area contributed by atoms with Crippen LogP contribution in [0.1, 0.15) is 16.7 Å². The Kier molecular flexibility index (Phi) is 3.67. The molecule has 0 fully saturated rings. The average Bonchev–Trinajstić information content (AvgIpc) is 2.38. The molecule has 20 heavy (non-hydrogen) atoms. The summed E-state index contributed by atoms with van der Waals surface area (Å²) in [5.41, 5.74) is 9.30. The van der Waals surface area contributed by atoms with Gasteiger partial charge in [0.2, 0.25) is 0 Å². The van der Waals surface area contributed by atoms with Crippen LogP contribution in [0.25, 0.3) is 0 Å². The number of sulfonamides is 1. The summed E-state index contributed by atoms with van der Waals surface area (Å²) >= 11 is 0. The lowest BCUT2D eigenvalue weighted by Gasteiger charge is -2.12. The quantitative estimate of drug-likeness (QED) is 0.850. The number of anilines is 2. The van der Waals surface area contributed by atoms with E-state index in [2.05, 4.69) is 9.71 Å². The summed E-state index contributed by atoms with van der Waals surface area (Å²) in [5, 5.41) is 0. The second kappa shape index (κ2) is 5.13. The highest BCUT2D eigenvalue weighted by Crippen LogP contribution is 2.24. The van der Waals surface area contributed by atoms with Crippen molar-refractivity contribution in [3.05, 3.63) is 47.3 Å². The summed E-state index contributed by atoms with van der Waals surface area (Å²) in [6.07, 6.45) is 3.10. The van der Waals surface area contributed by atoms with Gasteiger partial charge < -0.3 is 5.73 Å². The molecule has 2 rings (SSSR count). The number of rotatable bonds is 3. The molecule has 1 heterocycles. The Bertz CT molecular complexity index is 732. The van der Waals surface area contributed by atoms with Crippen molar-refractivity contribution in [3.63, 3.8) is 0 Å². The predicted octanol–water partition coefficient (Wildman–Crippen LogP) is 2.39. The fourth-order valence-electron chi connectivity index (χ4n) is 1.78. The third-order valence-electron chi connectivity index (χ3n) is 3.27. The SMILES string of the molecule is Cc1ccncc1NS(=O)(=O)c1cc(C)c(C)c(N)c1. The van der Waals surface area contributed by atoms with Crippen LogP contribution in [0.3, 0.4) is 0 Å². The Balaban J connectivity index is 2.44. The van der Waals surface area contributed by atoms with Crippen molar-refractivity contribution in [3.8, 4) is 0 Å². The second-order valence-electron chi connectivity index (χ2n) is 4.75. The van der Waals surface area contributed by atoms with Gasteiger partial charge in [-0.3, -0.25) is 9.71 Å². The number of nitrogens with two attached hydrogens (primary N) is 1. The zero-order valence-electron chi connectivity index (χ0n) is 11.6. The Hall–Kier alpha value is -2.08. The number of nitrogens with zero attached hydrogens (tertiary/aromatic N) is 1. The van der Waals surface area contributed by atoms with Crippen molar-refractivity contribution >= 4 is 21.4 Å². The summed E-state index contributed by atoms with van der Waals surface area (Å²) < 4.78 is 27.3. The van der Waals surface area contributed by atoms with E-state index >= 15 is 0 Å². The largest absolute Gasteiger partial charge is 0.398 e. The first kappa shape index (κ1) is 14.3. The maximum absolute atomic E-state index is 12.4. The zero-order chi connectivity index (χ0) is 14.9. The Labute approximate surface area is 118 Å². The molecule has 0 radical (unpaired) electrons. The molecule has 3 N–H and O–H groups in total. The normalized spacial score (nSPS) is 11.3. The number of hydrogen-bond donors (Lipinski definition) is 2. The highest BCUT2D eigenvalue weighted by atomic mass is 32.2. The zero-order valence-corrected chi connectivity index (χ0v) is 12.5. The van der Waals surface area contributed by atoms with E-state index in [0.717, 1.165) is 16.7 Å². The number of nitrogen functional groups attached to an aromatic ring is 1. The molecule has 0 spiro atoms. The van der Waals surface area contributed by atoms with E-state index in [0.29, 0.717) is 11.4 Å². The van der Waals surface area contributed by atoms with Gasteiger partial charge in [-0.05, 0) is 55.7 Å². The van der Waals surface area contributed by atoms with Gasteiger partial charge in [0.05, 0.1) is 16.8 Å². The summed E-state index contributed by atoms with van der Waals surface area (Å²) in [6, 6.07) is 4.82. The molecule has 0 aliphatic rings. The summed E-state index contributed by atoms with van der Waals surface area (Å²) in [6.45, 7) is 5.51. The van der Waals surface area contributed by atoms with Gasteiger partial charge in [0, 0.05) is 11.9 Å². The monoisotopic (exact) mass is 291 g/mol. The van der Waals surface area contributed by atoms with E-state index in [1.165, 1.54) is 12.3 Å². The van der Waals surface area contributed by atoms with Crippen molar-refractivity contribution in [2.24, 2.45) is 0 Å². The highest BCUT2D eigenvalue weighted by Gasteiger charge is 2.17. The lowest BCUT2D eigenvalue weighted by atomic mass is 10.1. The molecular weight excluding hydrogens is 274 g/mol. The van der Waals surface area contributed by atoms with Gasteiger partial charge in [0.1, 0.15) is 0 Å². The number of nitrogens with one attached hydrogen (secondary N) is 1. The van der Waals surface area contributed by atoms with E-state index in [4.69, 9.17) is 5.73 Å². The van der Waals surface area contributed by atoms with E-state index in [-0.39, 0.29) is 4.90 Å². The molecule has 5 nitrogen and oxygen atoms in total. The number of aryl methyl sites for hydroxylation is 2. The van der Waals surface area contributed by atoms with Crippen LogP contribution in [-0.2, 0) is 10.0 Å². The first-order valence-electron chi connectivity index (χ1n) is 6.11. The van der Waals surface area contributed by atoms with Gasteiger partial charge in [-0.2, -0.15) is 0 Å². The topological polar surface area (TPSA) is 85.1 Å². The van der Waals surface area contributed by atoms with Crippen LogP contribution in [-0.4, -0.2) is 13.4 Å². The molecule has 0 aliphatic heterocycles. The molecule has 0 atom stereocenters. The van der Waals surface area contributed by atoms with Gasteiger partial charge >= 0.3 is 0 Å². The Morgan fingerprint density at radius 3 is 2.45 bits per heavy atom. The van der Waals surface area contributed by atoms with Crippen LogP contribution in [0.2, 0.25) is 0 Å². The average molecular weight is 291 g/mol. The van der Waals surface area contributed by atoms with Crippen molar-refractivity contribution in [1.29, 1.82) is 0 Å². The maximum atomic E-state index is 12.4. The minimum atomic E-state index is -3.67. The van der Waals surface area contributed by atoms with E-state index in [9.17, 15) is 8.42 Å². The van der Waals surface area contributed by atoms with E-state index in [1.807, 2.05) is 20.8 Å².